The van der Waals surface area contributed by atoms with Gasteiger partial charge in [0.2, 0.25) is 0 Å². The molecule has 0 aliphatic heterocycles. The molecule has 0 fully saturated rings. The highest BCUT2D eigenvalue weighted by molar-refractivity contribution is 4.76. The molecule has 0 bridgehead atoms. The van der Waals surface area contributed by atoms with Gasteiger partial charge in [-0.3, -0.25) is 0 Å². The highest BCUT2D eigenvalue weighted by atomic mass is 16.7. The van der Waals surface area contributed by atoms with Crippen molar-refractivity contribution >= 4 is 0 Å². The molecule has 92 valence electrons. The lowest BCUT2D eigenvalue weighted by Gasteiger charge is -2.42. The van der Waals surface area contributed by atoms with E-state index in [0.29, 0.717) is 0 Å². The monoisotopic (exact) mass is 216 g/mol. The fraction of sp³-hybridized carbons (Fsp3) is 1.00. The van der Waals surface area contributed by atoms with Crippen LogP contribution in [0.3, 0.4) is 0 Å². The smallest absolute Gasteiger partial charge is 0.169 e. The maximum Gasteiger partial charge on any atom is 0.169 e. The zero-order valence-electron chi connectivity index (χ0n) is 11.7. The maximum absolute atomic E-state index is 6.08. The van der Waals surface area contributed by atoms with Gasteiger partial charge in [0.1, 0.15) is 0 Å². The Bertz CT molecular complexity index is 162. The lowest BCUT2D eigenvalue weighted by Crippen LogP contribution is -2.46. The van der Waals surface area contributed by atoms with Gasteiger partial charge in [-0.05, 0) is 54.4 Å². The second kappa shape index (κ2) is 4.84. The molecule has 0 unspecified atom stereocenters. The molecule has 2 nitrogen and oxygen atoms in total. The van der Waals surface area contributed by atoms with E-state index in [4.69, 9.17) is 9.47 Å². The standard InChI is InChI=1S/C13H28O2/c1-9-13(10-2,14-11(3,4)5)15-12(6,7)8/h9-10H2,1-8H3. The average molecular weight is 216 g/mol. The van der Waals surface area contributed by atoms with Crippen molar-refractivity contribution in [1.29, 1.82) is 0 Å². The van der Waals surface area contributed by atoms with Crippen molar-refractivity contribution in [2.75, 3.05) is 0 Å². The van der Waals surface area contributed by atoms with Crippen LogP contribution in [0.15, 0.2) is 0 Å². The van der Waals surface area contributed by atoms with Crippen LogP contribution < -0.4 is 0 Å². The third-order valence-electron chi connectivity index (χ3n) is 2.06. The van der Waals surface area contributed by atoms with Gasteiger partial charge in [0, 0.05) is 0 Å². The van der Waals surface area contributed by atoms with Crippen LogP contribution >= 0.6 is 0 Å². The zero-order chi connectivity index (χ0) is 12.3. The molecule has 0 aliphatic rings. The second-order valence-corrected chi connectivity index (χ2v) is 6.05. The van der Waals surface area contributed by atoms with Crippen LogP contribution in [-0.2, 0) is 9.47 Å². The van der Waals surface area contributed by atoms with E-state index in [1.165, 1.54) is 0 Å². The summed E-state index contributed by atoms with van der Waals surface area (Å²) in [5.41, 5.74) is -0.339. The van der Waals surface area contributed by atoms with E-state index >= 15 is 0 Å². The molecular formula is C13H28O2. The van der Waals surface area contributed by atoms with Crippen molar-refractivity contribution < 1.29 is 9.47 Å². The Hall–Kier alpha value is -0.0800. The van der Waals surface area contributed by atoms with Gasteiger partial charge in [0.15, 0.2) is 5.79 Å². The molecule has 0 amide bonds. The first-order valence-electron chi connectivity index (χ1n) is 5.94. The van der Waals surface area contributed by atoms with Gasteiger partial charge in [0.05, 0.1) is 11.2 Å². The minimum atomic E-state index is -0.448. The Morgan fingerprint density at radius 2 is 0.933 bits per heavy atom. The van der Waals surface area contributed by atoms with Crippen molar-refractivity contribution in [1.82, 2.24) is 0 Å². The molecule has 0 aromatic rings. The molecule has 0 atom stereocenters. The fourth-order valence-electron chi connectivity index (χ4n) is 1.68. The normalized spacial score (nSPS) is 14.4. The Kier molecular flexibility index (Phi) is 4.81. The second-order valence-electron chi connectivity index (χ2n) is 6.05. The summed E-state index contributed by atoms with van der Waals surface area (Å²) in [6, 6.07) is 0. The molecule has 0 aliphatic carbocycles. The molecule has 15 heavy (non-hydrogen) atoms. The number of hydrogen-bond acceptors (Lipinski definition) is 2. The van der Waals surface area contributed by atoms with Crippen LogP contribution in [0.1, 0.15) is 68.2 Å². The first kappa shape index (κ1) is 14.9. The summed E-state index contributed by atoms with van der Waals surface area (Å²) in [6.07, 6.45) is 1.75. The SMILES string of the molecule is CCC(CC)(OC(C)(C)C)OC(C)(C)C. The van der Waals surface area contributed by atoms with E-state index in [9.17, 15) is 0 Å². The molecule has 0 aromatic heterocycles. The van der Waals surface area contributed by atoms with E-state index in [2.05, 4.69) is 55.4 Å². The zero-order valence-corrected chi connectivity index (χ0v) is 11.7. The van der Waals surface area contributed by atoms with E-state index in [1.54, 1.807) is 0 Å². The number of rotatable bonds is 4. The van der Waals surface area contributed by atoms with Crippen LogP contribution in [-0.4, -0.2) is 17.0 Å². The Balaban J connectivity index is 4.74. The molecule has 0 N–H and O–H groups in total. The van der Waals surface area contributed by atoms with Gasteiger partial charge >= 0.3 is 0 Å². The van der Waals surface area contributed by atoms with Crippen LogP contribution in [0, 0.1) is 0 Å². The first-order chi connectivity index (χ1) is 6.54. The van der Waals surface area contributed by atoms with Crippen molar-refractivity contribution in [3.63, 3.8) is 0 Å². The van der Waals surface area contributed by atoms with Crippen molar-refractivity contribution in [3.8, 4) is 0 Å². The van der Waals surface area contributed by atoms with E-state index in [0.717, 1.165) is 12.8 Å². The third kappa shape index (κ3) is 6.16. The molecule has 2 heteroatoms. The number of hydrogen-bond donors (Lipinski definition) is 0. The van der Waals surface area contributed by atoms with Crippen LogP contribution in [0.2, 0.25) is 0 Å². The van der Waals surface area contributed by atoms with E-state index in [-0.39, 0.29) is 11.2 Å². The van der Waals surface area contributed by atoms with E-state index in [1.807, 2.05) is 0 Å². The first-order valence-corrected chi connectivity index (χ1v) is 5.94. The Labute approximate surface area is 95.3 Å². The Morgan fingerprint density at radius 1 is 0.667 bits per heavy atom. The third-order valence-corrected chi connectivity index (χ3v) is 2.06. The molecule has 0 rings (SSSR count). The summed E-state index contributed by atoms with van der Waals surface area (Å²) in [5.74, 6) is -0.448. The molecule has 0 radical (unpaired) electrons. The van der Waals surface area contributed by atoms with Gasteiger partial charge in [-0.25, -0.2) is 0 Å². The summed E-state index contributed by atoms with van der Waals surface area (Å²) >= 11 is 0. The van der Waals surface area contributed by atoms with Gasteiger partial charge in [0.25, 0.3) is 0 Å². The average Bonchev–Trinajstić information content (AvgIpc) is 1.98. The number of ether oxygens (including phenoxy) is 2. The van der Waals surface area contributed by atoms with Gasteiger partial charge in [-0.1, -0.05) is 13.8 Å². The minimum Gasteiger partial charge on any atom is -0.344 e. The Morgan fingerprint density at radius 3 is 1.07 bits per heavy atom. The lowest BCUT2D eigenvalue weighted by molar-refractivity contribution is -0.313. The molecule has 0 spiro atoms. The van der Waals surface area contributed by atoms with Crippen molar-refractivity contribution in [2.24, 2.45) is 0 Å². The molecule has 0 saturated carbocycles. The largest absolute Gasteiger partial charge is 0.344 e. The maximum atomic E-state index is 6.08. The molecule has 0 aromatic carbocycles. The highest BCUT2D eigenvalue weighted by Crippen LogP contribution is 2.32. The topological polar surface area (TPSA) is 18.5 Å². The summed E-state index contributed by atoms with van der Waals surface area (Å²) in [5, 5.41) is 0. The summed E-state index contributed by atoms with van der Waals surface area (Å²) < 4.78 is 12.2. The molecular weight excluding hydrogens is 188 g/mol. The lowest BCUT2D eigenvalue weighted by atomic mass is 10.1. The predicted octanol–water partition coefficient (Wildman–Crippen LogP) is 4.13. The highest BCUT2D eigenvalue weighted by Gasteiger charge is 2.36. The van der Waals surface area contributed by atoms with Crippen LogP contribution in [0.25, 0.3) is 0 Å². The van der Waals surface area contributed by atoms with Gasteiger partial charge in [-0.2, -0.15) is 0 Å². The van der Waals surface area contributed by atoms with E-state index < -0.39 is 5.79 Å². The minimum absolute atomic E-state index is 0.169. The van der Waals surface area contributed by atoms with Gasteiger partial charge in [-0.15, -0.1) is 0 Å². The quantitative estimate of drug-likeness (QED) is 0.658. The molecule has 0 heterocycles. The summed E-state index contributed by atoms with van der Waals surface area (Å²) in [4.78, 5) is 0. The van der Waals surface area contributed by atoms with Gasteiger partial charge < -0.3 is 9.47 Å². The predicted molar refractivity (Wildman–Crippen MR) is 65.0 cm³/mol. The van der Waals surface area contributed by atoms with Crippen LogP contribution in [0.4, 0.5) is 0 Å². The summed E-state index contributed by atoms with van der Waals surface area (Å²) in [7, 11) is 0. The van der Waals surface area contributed by atoms with Crippen molar-refractivity contribution in [2.45, 2.75) is 85.2 Å². The summed E-state index contributed by atoms with van der Waals surface area (Å²) in [6.45, 7) is 16.6. The fourth-order valence-corrected chi connectivity index (χ4v) is 1.68. The molecule has 0 saturated heterocycles. The van der Waals surface area contributed by atoms with Crippen LogP contribution in [0.5, 0.6) is 0 Å². The van der Waals surface area contributed by atoms with Crippen molar-refractivity contribution in [3.05, 3.63) is 0 Å².